The largest absolute Gasteiger partial charge is 0.488 e. The van der Waals surface area contributed by atoms with Crippen LogP contribution in [0.25, 0.3) is 0 Å². The van der Waals surface area contributed by atoms with Gasteiger partial charge in [0.15, 0.2) is 6.29 Å². The van der Waals surface area contributed by atoms with E-state index in [1.807, 2.05) is 0 Å². The van der Waals surface area contributed by atoms with Gasteiger partial charge in [-0.3, -0.25) is 4.79 Å². The topological polar surface area (TPSA) is 118 Å². The van der Waals surface area contributed by atoms with Crippen LogP contribution in [0.15, 0.2) is 24.3 Å². The van der Waals surface area contributed by atoms with Crippen LogP contribution in [0.2, 0.25) is 0 Å². The summed E-state index contributed by atoms with van der Waals surface area (Å²) >= 11 is 0. The van der Waals surface area contributed by atoms with E-state index in [1.54, 1.807) is 0 Å². The molecule has 0 unspecified atom stereocenters. The van der Waals surface area contributed by atoms with Crippen LogP contribution in [0.5, 0.6) is 0 Å². The molecule has 0 atom stereocenters. The van der Waals surface area contributed by atoms with Crippen molar-refractivity contribution < 1.29 is 14.8 Å². The van der Waals surface area contributed by atoms with Gasteiger partial charge in [-0.15, -0.1) is 12.4 Å². The molecule has 1 aromatic carbocycles. The van der Waals surface area contributed by atoms with Crippen molar-refractivity contribution in [3.05, 3.63) is 29.8 Å². The molecule has 0 radical (unpaired) electrons. The monoisotopic (exact) mass is 273 g/mol. The fraction of sp³-hybridized carbons (Fsp3) is 0.125. The Balaban J connectivity index is 0.00000162. The van der Waals surface area contributed by atoms with Crippen LogP contribution >= 0.6 is 12.4 Å². The summed E-state index contributed by atoms with van der Waals surface area (Å²) in [5.74, 6) is -0.292. The second-order valence-electron chi connectivity index (χ2n) is 3.44. The summed E-state index contributed by atoms with van der Waals surface area (Å²) in [7, 11) is -1.53. The highest BCUT2D eigenvalue weighted by atomic mass is 35.5. The maximum Gasteiger partial charge on any atom is 0.488 e. The standard InChI is InChI=1S/C8H12BN5O3.ClH/c15-7(10-8-11-13-14-12-8)5-1-3-6(4-2-5)9(16)17;/h1-4,8,11-14,16-17H,(H,10,15);1H. The van der Waals surface area contributed by atoms with Gasteiger partial charge in [0.1, 0.15) is 0 Å². The molecule has 1 aromatic rings. The molecule has 0 saturated carbocycles. The summed E-state index contributed by atoms with van der Waals surface area (Å²) in [6.07, 6.45) is -0.425. The quantitative estimate of drug-likeness (QED) is 0.292. The lowest BCUT2D eigenvalue weighted by molar-refractivity contribution is 0.0927. The third-order valence-electron chi connectivity index (χ3n) is 2.24. The first-order valence-electron chi connectivity index (χ1n) is 4.95. The zero-order chi connectivity index (χ0) is 12.3. The van der Waals surface area contributed by atoms with Crippen LogP contribution in [0.3, 0.4) is 0 Å². The van der Waals surface area contributed by atoms with Crippen molar-refractivity contribution in [2.24, 2.45) is 0 Å². The van der Waals surface area contributed by atoms with Crippen LogP contribution in [0, 0.1) is 0 Å². The number of amides is 1. The maximum atomic E-state index is 11.7. The third kappa shape index (κ3) is 3.65. The average molecular weight is 273 g/mol. The van der Waals surface area contributed by atoms with Crippen LogP contribution in [-0.2, 0) is 0 Å². The van der Waals surface area contributed by atoms with Gasteiger partial charge in [-0.2, -0.15) is 11.1 Å². The molecule has 1 fully saturated rings. The molecule has 7 N–H and O–H groups in total. The molecule has 2 rings (SSSR count). The van der Waals surface area contributed by atoms with Gasteiger partial charge in [0.25, 0.3) is 5.91 Å². The third-order valence-corrected chi connectivity index (χ3v) is 2.24. The Kier molecular flexibility index (Phi) is 5.50. The van der Waals surface area contributed by atoms with Crippen LogP contribution < -0.4 is 32.7 Å². The van der Waals surface area contributed by atoms with E-state index in [9.17, 15) is 4.79 Å². The van der Waals surface area contributed by atoms with Crippen molar-refractivity contribution in [3.8, 4) is 0 Å². The summed E-state index contributed by atoms with van der Waals surface area (Å²) in [6.45, 7) is 0. The van der Waals surface area contributed by atoms with Crippen molar-refractivity contribution >= 4 is 30.9 Å². The summed E-state index contributed by atoms with van der Waals surface area (Å²) < 4.78 is 0. The zero-order valence-corrected chi connectivity index (χ0v) is 9.99. The molecule has 1 aliphatic heterocycles. The summed E-state index contributed by atoms with van der Waals surface area (Å²) in [4.78, 5) is 11.7. The van der Waals surface area contributed by atoms with E-state index in [-0.39, 0.29) is 18.3 Å². The van der Waals surface area contributed by atoms with Crippen molar-refractivity contribution in [1.29, 1.82) is 0 Å². The highest BCUT2D eigenvalue weighted by Crippen LogP contribution is 1.97. The van der Waals surface area contributed by atoms with Gasteiger partial charge in [0.05, 0.1) is 0 Å². The lowest BCUT2D eigenvalue weighted by Gasteiger charge is -2.11. The second-order valence-corrected chi connectivity index (χ2v) is 3.44. The van der Waals surface area contributed by atoms with Gasteiger partial charge in [0.2, 0.25) is 0 Å². The minimum Gasteiger partial charge on any atom is -0.423 e. The Morgan fingerprint density at radius 3 is 2.22 bits per heavy atom. The number of carbonyl (C=O) groups is 1. The number of carbonyl (C=O) groups excluding carboxylic acids is 1. The first kappa shape index (κ1) is 14.9. The zero-order valence-electron chi connectivity index (χ0n) is 9.18. The SMILES string of the molecule is Cl.O=C(NC1NNNN1)c1ccc(B(O)O)cc1. The Bertz CT molecular complexity index is 398. The lowest BCUT2D eigenvalue weighted by Crippen LogP contribution is -2.49. The van der Waals surface area contributed by atoms with Gasteiger partial charge in [0, 0.05) is 5.56 Å². The molecule has 0 bridgehead atoms. The fourth-order valence-electron chi connectivity index (χ4n) is 1.35. The summed E-state index contributed by atoms with van der Waals surface area (Å²) in [5, 5.41) is 20.4. The molecule has 98 valence electrons. The molecule has 8 nitrogen and oxygen atoms in total. The van der Waals surface area contributed by atoms with E-state index in [2.05, 4.69) is 27.2 Å². The van der Waals surface area contributed by atoms with Crippen LogP contribution in [0.1, 0.15) is 10.4 Å². The molecular formula is C8H13BClN5O3. The Morgan fingerprint density at radius 1 is 1.17 bits per heavy atom. The Morgan fingerprint density at radius 2 is 1.72 bits per heavy atom. The lowest BCUT2D eigenvalue weighted by atomic mass is 9.80. The first-order valence-corrected chi connectivity index (χ1v) is 4.95. The smallest absolute Gasteiger partial charge is 0.423 e. The predicted octanol–water partition coefficient (Wildman–Crippen LogP) is -3.08. The van der Waals surface area contributed by atoms with Crippen molar-refractivity contribution in [2.75, 3.05) is 0 Å². The van der Waals surface area contributed by atoms with E-state index in [0.29, 0.717) is 11.0 Å². The van der Waals surface area contributed by atoms with Crippen molar-refractivity contribution in [2.45, 2.75) is 6.29 Å². The van der Waals surface area contributed by atoms with Gasteiger partial charge in [-0.05, 0) is 17.6 Å². The molecule has 18 heavy (non-hydrogen) atoms. The minimum absolute atomic E-state index is 0. The van der Waals surface area contributed by atoms with E-state index < -0.39 is 13.4 Å². The van der Waals surface area contributed by atoms with Crippen molar-refractivity contribution in [1.82, 2.24) is 27.2 Å². The highest BCUT2D eigenvalue weighted by Gasteiger charge is 2.16. The molecule has 1 heterocycles. The van der Waals surface area contributed by atoms with Gasteiger partial charge in [-0.25, -0.2) is 10.9 Å². The number of rotatable bonds is 3. The maximum absolute atomic E-state index is 11.7. The molecule has 0 aliphatic carbocycles. The number of benzene rings is 1. The number of hydrogen-bond acceptors (Lipinski definition) is 7. The number of hydrogen-bond donors (Lipinski definition) is 7. The van der Waals surface area contributed by atoms with E-state index in [1.165, 1.54) is 24.3 Å². The summed E-state index contributed by atoms with van der Waals surface area (Å²) in [6, 6.07) is 5.98. The molecular weight excluding hydrogens is 260 g/mol. The average Bonchev–Trinajstić information content (AvgIpc) is 2.82. The number of hydrazine groups is 3. The molecule has 1 aliphatic rings. The minimum atomic E-state index is -1.53. The van der Waals surface area contributed by atoms with Crippen LogP contribution in [-0.4, -0.2) is 29.4 Å². The number of halogens is 1. The molecule has 10 heteroatoms. The van der Waals surface area contributed by atoms with Crippen LogP contribution in [0.4, 0.5) is 0 Å². The van der Waals surface area contributed by atoms with Gasteiger partial charge >= 0.3 is 7.12 Å². The highest BCUT2D eigenvalue weighted by molar-refractivity contribution is 6.58. The molecule has 0 aromatic heterocycles. The normalized spacial score (nSPS) is 15.0. The van der Waals surface area contributed by atoms with Gasteiger partial charge in [-0.1, -0.05) is 12.1 Å². The fourth-order valence-corrected chi connectivity index (χ4v) is 1.35. The summed E-state index contributed by atoms with van der Waals surface area (Å²) in [5.41, 5.74) is 11.3. The first-order chi connectivity index (χ1) is 8.16. The molecule has 1 saturated heterocycles. The van der Waals surface area contributed by atoms with E-state index >= 15 is 0 Å². The number of nitrogens with one attached hydrogen (secondary N) is 5. The van der Waals surface area contributed by atoms with Crippen molar-refractivity contribution in [3.63, 3.8) is 0 Å². The second kappa shape index (κ2) is 6.66. The van der Waals surface area contributed by atoms with E-state index in [0.717, 1.165) is 0 Å². The Hall–Kier alpha value is -1.20. The Labute approximate surface area is 110 Å². The molecule has 1 amide bonds. The van der Waals surface area contributed by atoms with E-state index in [4.69, 9.17) is 10.0 Å². The molecule has 0 spiro atoms. The van der Waals surface area contributed by atoms with Gasteiger partial charge < -0.3 is 15.4 Å². The predicted molar refractivity (Wildman–Crippen MR) is 67.3 cm³/mol.